The second-order valence-corrected chi connectivity index (χ2v) is 7.81. The van der Waals surface area contributed by atoms with Crippen LogP contribution in [0.2, 0.25) is 5.02 Å². The third-order valence-corrected chi connectivity index (χ3v) is 6.14. The molecule has 2 aliphatic rings. The Hall–Kier alpha value is -2.64. The first-order chi connectivity index (χ1) is 13.9. The van der Waals surface area contributed by atoms with Gasteiger partial charge in [-0.2, -0.15) is 14.0 Å². The zero-order chi connectivity index (χ0) is 20.8. The van der Waals surface area contributed by atoms with Gasteiger partial charge in [-0.25, -0.2) is 19.1 Å². The number of amides is 1. The molecule has 1 atom stereocenters. The van der Waals surface area contributed by atoms with Gasteiger partial charge in [0.15, 0.2) is 17.4 Å². The molecule has 1 aromatic carbocycles. The Kier molecular flexibility index (Phi) is 4.96. The molecule has 0 bridgehead atoms. The average Bonchev–Trinajstić information content (AvgIpc) is 3.01. The van der Waals surface area contributed by atoms with Crippen LogP contribution in [0.3, 0.4) is 0 Å². The Labute approximate surface area is 172 Å². The summed E-state index contributed by atoms with van der Waals surface area (Å²) in [6.07, 6.45) is 0.649. The van der Waals surface area contributed by atoms with Gasteiger partial charge in [0, 0.05) is 18.0 Å². The lowest BCUT2D eigenvalue weighted by Crippen LogP contribution is -2.47. The molecule has 150 valence electrons. The molecule has 4 rings (SSSR count). The van der Waals surface area contributed by atoms with Crippen LogP contribution in [0.1, 0.15) is 17.5 Å². The molecule has 1 aromatic heterocycles. The third kappa shape index (κ3) is 3.14. The number of rotatable bonds is 3. The van der Waals surface area contributed by atoms with Crippen molar-refractivity contribution in [2.45, 2.75) is 23.5 Å². The zero-order valence-corrected chi connectivity index (χ0v) is 16.1. The van der Waals surface area contributed by atoms with Gasteiger partial charge in [-0.3, -0.25) is 0 Å². The molecule has 0 N–H and O–H groups in total. The molecule has 11 heteroatoms. The van der Waals surface area contributed by atoms with Gasteiger partial charge in [0.25, 0.3) is 0 Å². The maximum Gasteiger partial charge on any atom is 0.416 e. The van der Waals surface area contributed by atoms with Crippen LogP contribution in [0.15, 0.2) is 29.3 Å². The number of benzene rings is 1. The second-order valence-electron chi connectivity index (χ2n) is 6.29. The quantitative estimate of drug-likeness (QED) is 0.687. The number of halogens is 4. The molecule has 3 heterocycles. The van der Waals surface area contributed by atoms with E-state index in [0.29, 0.717) is 17.7 Å². The predicted octanol–water partition coefficient (Wildman–Crippen LogP) is 4.70. The van der Waals surface area contributed by atoms with Crippen molar-refractivity contribution in [2.75, 3.05) is 17.3 Å². The maximum absolute atomic E-state index is 14.6. The van der Waals surface area contributed by atoms with Crippen molar-refractivity contribution < 1.29 is 27.4 Å². The van der Waals surface area contributed by atoms with E-state index in [-0.39, 0.29) is 27.9 Å². The Morgan fingerprint density at radius 3 is 2.97 bits per heavy atom. The molecule has 1 amide bonds. The van der Waals surface area contributed by atoms with Gasteiger partial charge >= 0.3 is 12.7 Å². The summed E-state index contributed by atoms with van der Waals surface area (Å²) >= 11 is 7.13. The van der Waals surface area contributed by atoms with Crippen molar-refractivity contribution in [3.05, 3.63) is 46.4 Å². The van der Waals surface area contributed by atoms with Crippen molar-refractivity contribution in [2.24, 2.45) is 0 Å². The normalized spacial score (nSPS) is 20.6. The number of thioether (sulfide) groups is 1. The Bertz CT molecular complexity index is 1050. The molecule has 1 saturated heterocycles. The summed E-state index contributed by atoms with van der Waals surface area (Å²) < 4.78 is 50.3. The van der Waals surface area contributed by atoms with E-state index in [2.05, 4.69) is 9.72 Å². The smallest absolute Gasteiger partial charge is 0.416 e. The van der Waals surface area contributed by atoms with Crippen molar-refractivity contribution >= 4 is 35.3 Å². The average molecular weight is 442 g/mol. The monoisotopic (exact) mass is 441 g/mol. The van der Waals surface area contributed by atoms with E-state index in [4.69, 9.17) is 21.6 Å². The third-order valence-electron chi connectivity index (χ3n) is 4.75. The molecule has 6 nitrogen and oxygen atoms in total. The number of fused-ring (bicyclic) bond motifs is 2. The molecular weight excluding hydrogens is 431 g/mol. The highest BCUT2D eigenvalue weighted by molar-refractivity contribution is 7.99. The molecule has 0 saturated carbocycles. The first-order valence-corrected chi connectivity index (χ1v) is 9.67. The van der Waals surface area contributed by atoms with Gasteiger partial charge in [0.1, 0.15) is 18.2 Å². The van der Waals surface area contributed by atoms with E-state index in [9.17, 15) is 18.0 Å². The van der Waals surface area contributed by atoms with Crippen LogP contribution in [0.4, 0.5) is 23.8 Å². The fraction of sp³-hybridized carbons (Fsp3) is 0.278. The molecule has 0 radical (unpaired) electrons. The molecule has 1 unspecified atom stereocenters. The lowest BCUT2D eigenvalue weighted by atomic mass is 9.86. The fourth-order valence-corrected chi connectivity index (χ4v) is 5.01. The van der Waals surface area contributed by atoms with Gasteiger partial charge in [-0.1, -0.05) is 17.7 Å². The molecule has 0 aliphatic carbocycles. The van der Waals surface area contributed by atoms with Crippen LogP contribution in [-0.2, 0) is 10.3 Å². The number of hydrogen-bond acceptors (Lipinski definition) is 6. The molecule has 29 heavy (non-hydrogen) atoms. The maximum atomic E-state index is 14.6. The summed E-state index contributed by atoms with van der Waals surface area (Å²) in [5, 5.41) is 8.97. The minimum Gasteiger partial charge on any atom is -0.446 e. The van der Waals surface area contributed by atoms with E-state index in [1.54, 1.807) is 12.1 Å². The van der Waals surface area contributed by atoms with Crippen molar-refractivity contribution in [3.8, 4) is 11.8 Å². The highest BCUT2D eigenvalue weighted by atomic mass is 35.5. The highest BCUT2D eigenvalue weighted by Gasteiger charge is 2.54. The number of ether oxygens (including phenoxy) is 2. The van der Waals surface area contributed by atoms with Crippen LogP contribution < -0.4 is 9.64 Å². The lowest BCUT2D eigenvalue weighted by molar-refractivity contribution is -0.0497. The first kappa shape index (κ1) is 19.7. The fourth-order valence-electron chi connectivity index (χ4n) is 3.50. The predicted molar refractivity (Wildman–Crippen MR) is 97.8 cm³/mol. The summed E-state index contributed by atoms with van der Waals surface area (Å²) in [6, 6.07) is 5.80. The number of alkyl halides is 2. The van der Waals surface area contributed by atoms with Gasteiger partial charge in [0.05, 0.1) is 15.5 Å². The largest absolute Gasteiger partial charge is 0.446 e. The number of aromatic nitrogens is 1. The minimum absolute atomic E-state index is 0.0246. The molecule has 2 aliphatic heterocycles. The number of anilines is 1. The number of nitrogens with zero attached hydrogens (tertiary/aromatic N) is 3. The Morgan fingerprint density at radius 2 is 2.24 bits per heavy atom. The van der Waals surface area contributed by atoms with E-state index in [0.717, 1.165) is 17.2 Å². The SMILES string of the molecule is N#Cc1cnc(N2C(=O)OCC23CCSc2c3ccc(Cl)c2F)c(OC(F)F)c1. The lowest BCUT2D eigenvalue weighted by Gasteiger charge is -2.39. The molecule has 2 aromatic rings. The van der Waals surface area contributed by atoms with E-state index in [1.807, 2.05) is 0 Å². The number of nitriles is 1. The number of carbonyl (C=O) groups excluding carboxylic acids is 1. The number of carbonyl (C=O) groups is 1. The summed E-state index contributed by atoms with van der Waals surface area (Å²) in [5.41, 5.74) is -0.760. The van der Waals surface area contributed by atoms with Crippen LogP contribution in [0.5, 0.6) is 5.75 Å². The zero-order valence-electron chi connectivity index (χ0n) is 14.5. The number of cyclic esters (lactones) is 1. The Balaban J connectivity index is 1.91. The van der Waals surface area contributed by atoms with Crippen LogP contribution in [0.25, 0.3) is 0 Å². The van der Waals surface area contributed by atoms with Crippen LogP contribution in [0, 0.1) is 17.1 Å². The second kappa shape index (κ2) is 7.31. The molecule has 1 fully saturated rings. The van der Waals surface area contributed by atoms with Crippen molar-refractivity contribution in [1.82, 2.24) is 4.98 Å². The van der Waals surface area contributed by atoms with Crippen LogP contribution >= 0.6 is 23.4 Å². The number of hydrogen-bond donors (Lipinski definition) is 0. The van der Waals surface area contributed by atoms with Gasteiger partial charge in [-0.15, -0.1) is 11.8 Å². The number of pyridine rings is 1. The van der Waals surface area contributed by atoms with E-state index < -0.39 is 29.8 Å². The van der Waals surface area contributed by atoms with Crippen molar-refractivity contribution in [3.63, 3.8) is 0 Å². The standard InChI is InChI=1S/C18H11ClF3N3O3S/c19-11-2-1-10-14(13(11)20)29-4-3-18(10)8-27-17(26)25(18)15-12(28-16(21)22)5-9(6-23)7-24-15/h1-2,5,7,16H,3-4,8H2. The van der Waals surface area contributed by atoms with Gasteiger partial charge < -0.3 is 9.47 Å². The minimum atomic E-state index is -3.20. The summed E-state index contributed by atoms with van der Waals surface area (Å²) in [7, 11) is 0. The topological polar surface area (TPSA) is 75.5 Å². The van der Waals surface area contributed by atoms with Gasteiger partial charge in [-0.05, 0) is 18.1 Å². The van der Waals surface area contributed by atoms with Gasteiger partial charge in [0.2, 0.25) is 0 Å². The van der Waals surface area contributed by atoms with E-state index >= 15 is 0 Å². The summed E-state index contributed by atoms with van der Waals surface area (Å²) in [4.78, 5) is 18.0. The highest BCUT2D eigenvalue weighted by Crippen LogP contribution is 2.51. The van der Waals surface area contributed by atoms with Crippen molar-refractivity contribution in [1.29, 1.82) is 5.26 Å². The summed E-state index contributed by atoms with van der Waals surface area (Å²) in [6.45, 7) is -3.33. The summed E-state index contributed by atoms with van der Waals surface area (Å²) in [5.74, 6) is -0.880. The van der Waals surface area contributed by atoms with E-state index in [1.165, 1.54) is 17.8 Å². The Morgan fingerprint density at radius 1 is 1.45 bits per heavy atom. The molecular formula is C18H11ClF3N3O3S. The van der Waals surface area contributed by atoms with Crippen LogP contribution in [-0.4, -0.2) is 30.0 Å². The molecule has 1 spiro atoms. The first-order valence-electron chi connectivity index (χ1n) is 8.30.